The number of amides is 1. The van der Waals surface area contributed by atoms with Gasteiger partial charge in [0, 0.05) is 23.6 Å². The SMILES string of the molecule is CC(C)c1ccc(-c2ccc(C(=O)N(C)CC(O)(Cn3cncn3)c3ccc(F)cc3F)s2)cc1. The molecule has 2 heterocycles. The minimum atomic E-state index is -1.87. The molecule has 0 bridgehead atoms. The van der Waals surface area contributed by atoms with E-state index in [0.717, 1.165) is 16.5 Å². The number of hydrogen-bond acceptors (Lipinski definition) is 5. The first kappa shape index (κ1) is 24.7. The monoisotopic (exact) mass is 496 g/mol. The van der Waals surface area contributed by atoms with Crippen molar-refractivity contribution in [2.45, 2.75) is 31.9 Å². The summed E-state index contributed by atoms with van der Waals surface area (Å²) < 4.78 is 29.5. The van der Waals surface area contributed by atoms with Gasteiger partial charge in [-0.1, -0.05) is 44.2 Å². The van der Waals surface area contributed by atoms with Crippen molar-refractivity contribution < 1.29 is 18.7 Å². The number of thiophene rings is 1. The Morgan fingerprint density at radius 3 is 2.51 bits per heavy atom. The first-order chi connectivity index (χ1) is 16.7. The Hall–Kier alpha value is -3.43. The van der Waals surface area contributed by atoms with Crippen molar-refractivity contribution in [3.8, 4) is 10.4 Å². The molecule has 35 heavy (non-hydrogen) atoms. The number of aliphatic hydroxyl groups is 1. The minimum Gasteiger partial charge on any atom is -0.381 e. The topological polar surface area (TPSA) is 71.2 Å². The molecule has 1 N–H and O–H groups in total. The highest BCUT2D eigenvalue weighted by molar-refractivity contribution is 7.17. The van der Waals surface area contributed by atoms with Crippen LogP contribution < -0.4 is 0 Å². The van der Waals surface area contributed by atoms with Crippen molar-refractivity contribution in [2.75, 3.05) is 13.6 Å². The highest BCUT2D eigenvalue weighted by Gasteiger charge is 2.36. The fourth-order valence-corrected chi connectivity index (χ4v) is 4.97. The van der Waals surface area contributed by atoms with Crippen LogP contribution in [-0.4, -0.2) is 44.3 Å². The average molecular weight is 497 g/mol. The van der Waals surface area contributed by atoms with Crippen molar-refractivity contribution in [1.82, 2.24) is 19.7 Å². The van der Waals surface area contributed by atoms with Gasteiger partial charge in [-0.25, -0.2) is 18.4 Å². The molecule has 1 atom stereocenters. The van der Waals surface area contributed by atoms with E-state index in [9.17, 15) is 18.7 Å². The summed E-state index contributed by atoms with van der Waals surface area (Å²) >= 11 is 1.34. The number of carbonyl (C=O) groups is 1. The molecule has 0 saturated carbocycles. The molecule has 182 valence electrons. The predicted molar refractivity (Wildman–Crippen MR) is 131 cm³/mol. The fraction of sp³-hybridized carbons (Fsp3) is 0.269. The van der Waals surface area contributed by atoms with Gasteiger partial charge in [0.15, 0.2) is 0 Å². The van der Waals surface area contributed by atoms with Crippen LogP contribution in [0.25, 0.3) is 10.4 Å². The second-order valence-corrected chi connectivity index (χ2v) is 9.93. The van der Waals surface area contributed by atoms with Crippen LogP contribution in [0.5, 0.6) is 0 Å². The summed E-state index contributed by atoms with van der Waals surface area (Å²) in [5.41, 5.74) is 0.243. The lowest BCUT2D eigenvalue weighted by atomic mass is 9.92. The Labute approximate surface area is 206 Å². The smallest absolute Gasteiger partial charge is 0.263 e. The molecule has 2 aromatic carbocycles. The van der Waals surface area contributed by atoms with Crippen LogP contribution in [0.4, 0.5) is 8.78 Å². The summed E-state index contributed by atoms with van der Waals surface area (Å²) in [7, 11) is 1.53. The molecule has 0 aliphatic rings. The van der Waals surface area contributed by atoms with Gasteiger partial charge in [0.05, 0.1) is 18.0 Å². The van der Waals surface area contributed by atoms with Gasteiger partial charge in [-0.05, 0) is 35.2 Å². The van der Waals surface area contributed by atoms with Gasteiger partial charge in [0.1, 0.15) is 29.9 Å². The third-order valence-electron chi connectivity index (χ3n) is 5.85. The zero-order valence-electron chi connectivity index (χ0n) is 19.7. The van der Waals surface area contributed by atoms with Gasteiger partial charge < -0.3 is 10.0 Å². The van der Waals surface area contributed by atoms with Gasteiger partial charge in [0.2, 0.25) is 0 Å². The number of hydrogen-bond donors (Lipinski definition) is 1. The molecule has 4 aromatic rings. The second-order valence-electron chi connectivity index (χ2n) is 8.85. The van der Waals surface area contributed by atoms with Crippen molar-refractivity contribution in [1.29, 1.82) is 0 Å². The molecular formula is C26H26F2N4O2S. The summed E-state index contributed by atoms with van der Waals surface area (Å²) in [5, 5.41) is 15.5. The third kappa shape index (κ3) is 5.47. The summed E-state index contributed by atoms with van der Waals surface area (Å²) in [4.78, 5) is 19.8. The number of carbonyl (C=O) groups excluding carboxylic acids is 1. The Kier molecular flexibility index (Phi) is 7.09. The van der Waals surface area contributed by atoms with Crippen molar-refractivity contribution in [2.24, 2.45) is 0 Å². The number of nitrogens with zero attached hydrogens (tertiary/aromatic N) is 4. The standard InChI is InChI=1S/C26H26F2N4O2S/c1-17(2)18-4-6-19(7-5-18)23-10-11-24(35-23)25(33)31(3)13-26(34,14-32-16-29-15-30-32)21-9-8-20(27)12-22(21)28/h4-12,15-17,34H,13-14H2,1-3H3. The molecule has 0 fully saturated rings. The van der Waals surface area contributed by atoms with Crippen LogP contribution in [-0.2, 0) is 12.1 Å². The van der Waals surface area contributed by atoms with Gasteiger partial charge >= 0.3 is 0 Å². The number of aromatic nitrogens is 3. The van der Waals surface area contributed by atoms with E-state index in [2.05, 4.69) is 36.1 Å². The summed E-state index contributed by atoms with van der Waals surface area (Å²) in [6.45, 7) is 3.85. The number of rotatable bonds is 8. The lowest BCUT2D eigenvalue weighted by Gasteiger charge is -2.33. The summed E-state index contributed by atoms with van der Waals surface area (Å²) in [6, 6.07) is 14.8. The van der Waals surface area contributed by atoms with E-state index < -0.39 is 17.2 Å². The van der Waals surface area contributed by atoms with E-state index in [4.69, 9.17) is 0 Å². The van der Waals surface area contributed by atoms with Crippen LogP contribution in [0.2, 0.25) is 0 Å². The van der Waals surface area contributed by atoms with Crippen molar-refractivity contribution in [3.63, 3.8) is 0 Å². The lowest BCUT2D eigenvalue weighted by Crippen LogP contribution is -2.45. The number of halogens is 2. The molecular weight excluding hydrogens is 470 g/mol. The van der Waals surface area contributed by atoms with E-state index in [1.165, 1.54) is 52.3 Å². The Morgan fingerprint density at radius 2 is 1.89 bits per heavy atom. The Bertz CT molecular complexity index is 1310. The molecule has 0 aliphatic heterocycles. The maximum atomic E-state index is 14.7. The molecule has 0 aliphatic carbocycles. The zero-order chi connectivity index (χ0) is 25.2. The van der Waals surface area contributed by atoms with E-state index in [1.54, 1.807) is 6.07 Å². The van der Waals surface area contributed by atoms with E-state index in [0.29, 0.717) is 16.9 Å². The van der Waals surface area contributed by atoms with Gasteiger partial charge in [-0.15, -0.1) is 11.3 Å². The molecule has 1 unspecified atom stereocenters. The predicted octanol–water partition coefficient (Wildman–Crippen LogP) is 5.07. The average Bonchev–Trinajstić information content (AvgIpc) is 3.50. The van der Waals surface area contributed by atoms with E-state index in [1.807, 2.05) is 18.2 Å². The van der Waals surface area contributed by atoms with Crippen LogP contribution in [0.3, 0.4) is 0 Å². The molecule has 1 amide bonds. The van der Waals surface area contributed by atoms with Crippen LogP contribution in [0, 0.1) is 11.6 Å². The summed E-state index contributed by atoms with van der Waals surface area (Å²) in [5.74, 6) is -1.55. The van der Waals surface area contributed by atoms with Crippen LogP contribution >= 0.6 is 11.3 Å². The number of benzene rings is 2. The second kappa shape index (κ2) is 10.1. The third-order valence-corrected chi connectivity index (χ3v) is 6.97. The molecule has 6 nitrogen and oxygen atoms in total. The molecule has 9 heteroatoms. The maximum absolute atomic E-state index is 14.7. The largest absolute Gasteiger partial charge is 0.381 e. The lowest BCUT2D eigenvalue weighted by molar-refractivity contribution is -0.0127. The van der Waals surface area contributed by atoms with Gasteiger partial charge in [-0.2, -0.15) is 5.10 Å². The van der Waals surface area contributed by atoms with Crippen LogP contribution in [0.15, 0.2) is 67.3 Å². The molecule has 2 aromatic heterocycles. The van der Waals surface area contributed by atoms with Gasteiger partial charge in [-0.3, -0.25) is 4.79 Å². The zero-order valence-corrected chi connectivity index (χ0v) is 20.5. The van der Waals surface area contributed by atoms with Crippen LogP contribution in [0.1, 0.15) is 40.6 Å². The molecule has 4 rings (SSSR count). The molecule has 0 saturated heterocycles. The van der Waals surface area contributed by atoms with E-state index in [-0.39, 0.29) is 24.6 Å². The highest BCUT2D eigenvalue weighted by Crippen LogP contribution is 2.32. The normalized spacial score (nSPS) is 13.1. The maximum Gasteiger partial charge on any atom is 0.263 e. The highest BCUT2D eigenvalue weighted by atomic mass is 32.1. The fourth-order valence-electron chi connectivity index (χ4n) is 3.96. The van der Waals surface area contributed by atoms with Crippen molar-refractivity contribution in [3.05, 3.63) is 94.9 Å². The Balaban J connectivity index is 1.57. The minimum absolute atomic E-state index is 0.133. The molecule has 0 spiro atoms. The first-order valence-corrected chi connectivity index (χ1v) is 11.9. The molecule has 0 radical (unpaired) electrons. The van der Waals surface area contributed by atoms with Crippen molar-refractivity contribution >= 4 is 17.2 Å². The Morgan fingerprint density at radius 1 is 1.14 bits per heavy atom. The number of likely N-dealkylation sites (N-methyl/N-ethyl adjacent to an activating group) is 1. The quantitative estimate of drug-likeness (QED) is 0.370. The van der Waals surface area contributed by atoms with E-state index >= 15 is 0 Å². The summed E-state index contributed by atoms with van der Waals surface area (Å²) in [6.07, 6.45) is 2.67. The first-order valence-electron chi connectivity index (χ1n) is 11.1. The van der Waals surface area contributed by atoms with Gasteiger partial charge in [0.25, 0.3) is 5.91 Å².